The number of hydrogen-bond acceptors (Lipinski definition) is 7. The lowest BCUT2D eigenvalue weighted by molar-refractivity contribution is -0.132. The molecule has 11 nitrogen and oxygen atoms in total. The van der Waals surface area contributed by atoms with E-state index in [1.165, 1.54) is 11.1 Å². The molecule has 0 spiro atoms. The van der Waals surface area contributed by atoms with Crippen LogP contribution in [0, 0.1) is 0 Å². The number of carbonyl (C=O) groups is 5. The van der Waals surface area contributed by atoms with Crippen LogP contribution in [0.4, 0.5) is 0 Å². The van der Waals surface area contributed by atoms with E-state index in [0.717, 1.165) is 31.2 Å². The van der Waals surface area contributed by atoms with Crippen LogP contribution in [0.1, 0.15) is 55.2 Å². The summed E-state index contributed by atoms with van der Waals surface area (Å²) >= 11 is 0. The number of hydrogen-bond donors (Lipinski definition) is 4. The summed E-state index contributed by atoms with van der Waals surface area (Å²) in [7, 11) is 0. The molecule has 2 aromatic carbocycles. The predicted molar refractivity (Wildman–Crippen MR) is 164 cm³/mol. The Balaban J connectivity index is 1.34. The highest BCUT2D eigenvalue weighted by atomic mass is 16.5. The zero-order valence-electron chi connectivity index (χ0n) is 25.2. The molecule has 1 aliphatic heterocycles. The molecule has 0 aliphatic carbocycles. The molecule has 1 atom stereocenters. The molecule has 238 valence electrons. The van der Waals surface area contributed by atoms with Crippen molar-refractivity contribution in [2.24, 2.45) is 0 Å². The van der Waals surface area contributed by atoms with Gasteiger partial charge in [-0.1, -0.05) is 54.6 Å². The van der Waals surface area contributed by atoms with E-state index in [4.69, 9.17) is 9.47 Å². The Morgan fingerprint density at radius 2 is 1.41 bits per heavy atom. The van der Waals surface area contributed by atoms with Crippen molar-refractivity contribution in [3.05, 3.63) is 71.3 Å². The third-order valence-electron chi connectivity index (χ3n) is 7.07. The van der Waals surface area contributed by atoms with Gasteiger partial charge in [0.2, 0.25) is 29.5 Å². The summed E-state index contributed by atoms with van der Waals surface area (Å²) in [6.45, 7) is 0.399. The summed E-state index contributed by atoms with van der Waals surface area (Å²) in [5, 5.41) is 10.4. The van der Waals surface area contributed by atoms with Crippen molar-refractivity contribution in [3.63, 3.8) is 0 Å². The fourth-order valence-corrected chi connectivity index (χ4v) is 4.70. The molecular formula is C33H44N4O7. The fraction of sp³-hybridized carbons (Fsp3) is 0.485. The van der Waals surface area contributed by atoms with E-state index < -0.39 is 29.7 Å². The first kappa shape index (κ1) is 34.4. The summed E-state index contributed by atoms with van der Waals surface area (Å²) in [5.41, 5.74) is 3.37. The second-order valence-electron chi connectivity index (χ2n) is 10.8. The smallest absolute Gasteiger partial charge is 0.246 e. The lowest BCUT2D eigenvalue weighted by Gasteiger charge is -2.18. The van der Waals surface area contributed by atoms with Gasteiger partial charge in [-0.05, 0) is 61.6 Å². The molecule has 0 unspecified atom stereocenters. The van der Waals surface area contributed by atoms with E-state index in [2.05, 4.69) is 45.5 Å². The quantitative estimate of drug-likeness (QED) is 0.284. The Labute approximate surface area is 258 Å². The van der Waals surface area contributed by atoms with Gasteiger partial charge in [0.15, 0.2) is 0 Å². The maximum absolute atomic E-state index is 12.8. The van der Waals surface area contributed by atoms with Gasteiger partial charge in [-0.2, -0.15) is 0 Å². The van der Waals surface area contributed by atoms with Crippen LogP contribution >= 0.6 is 0 Å². The van der Waals surface area contributed by atoms with Gasteiger partial charge in [0, 0.05) is 19.5 Å². The number of amides is 5. The molecule has 0 saturated carbocycles. The number of nitrogens with one attached hydrogen (secondary N) is 4. The van der Waals surface area contributed by atoms with E-state index in [1.54, 1.807) is 0 Å². The van der Waals surface area contributed by atoms with Crippen molar-refractivity contribution in [1.29, 1.82) is 0 Å². The van der Waals surface area contributed by atoms with Crippen LogP contribution in [-0.4, -0.2) is 75.1 Å². The standard InChI is InChI=1S/C33H44N4O7/c38-29(37-30(39)22-27-15-13-26(14-16-27)11-5-4-10-25-8-2-1-3-9-25)17-19-35-33(42)28-12-6-7-18-34-31(40)23-43-20-21-44-24-32(41)36-28/h1-3,8-9,13-16,28H,4-7,10-12,17-24H2,(H,34,40)(H,35,42)(H,36,41)(H,37,38,39)/t28-/m0/s1. The normalized spacial score (nSPS) is 16.9. The molecule has 44 heavy (non-hydrogen) atoms. The average molecular weight is 609 g/mol. The molecule has 2 aromatic rings. The number of ether oxygens (including phenoxy) is 2. The molecule has 0 bridgehead atoms. The zero-order chi connectivity index (χ0) is 31.4. The highest BCUT2D eigenvalue weighted by Gasteiger charge is 2.21. The molecule has 1 aliphatic rings. The maximum Gasteiger partial charge on any atom is 0.246 e. The van der Waals surface area contributed by atoms with E-state index >= 15 is 0 Å². The SMILES string of the molecule is O=C1COCCOCC(=O)N[C@H](C(=O)NCCC(=O)NC(=O)Cc2ccc(CCCCc3ccccc3)cc2)CCCCN1. The predicted octanol–water partition coefficient (Wildman–Crippen LogP) is 1.76. The van der Waals surface area contributed by atoms with Gasteiger partial charge in [-0.25, -0.2) is 0 Å². The Morgan fingerprint density at radius 3 is 2.11 bits per heavy atom. The van der Waals surface area contributed by atoms with Crippen LogP contribution in [0.3, 0.4) is 0 Å². The molecule has 11 heteroatoms. The van der Waals surface area contributed by atoms with Crippen molar-refractivity contribution in [3.8, 4) is 0 Å². The molecule has 4 N–H and O–H groups in total. The lowest BCUT2D eigenvalue weighted by atomic mass is 10.0. The van der Waals surface area contributed by atoms with E-state index in [0.29, 0.717) is 25.8 Å². The summed E-state index contributed by atoms with van der Waals surface area (Å²) in [4.78, 5) is 61.4. The van der Waals surface area contributed by atoms with Crippen molar-refractivity contribution >= 4 is 29.5 Å². The minimum absolute atomic E-state index is 0.00713. The van der Waals surface area contributed by atoms with Crippen molar-refractivity contribution in [2.45, 2.75) is 63.8 Å². The number of aryl methyl sites for hydroxylation is 2. The lowest BCUT2D eigenvalue weighted by Crippen LogP contribution is -2.48. The Morgan fingerprint density at radius 1 is 0.773 bits per heavy atom. The number of rotatable bonds is 11. The van der Waals surface area contributed by atoms with Gasteiger partial charge in [0.1, 0.15) is 19.3 Å². The Bertz CT molecular complexity index is 1200. The first-order valence-electron chi connectivity index (χ1n) is 15.3. The third kappa shape index (κ3) is 14.4. The molecule has 0 radical (unpaired) electrons. The molecule has 3 rings (SSSR count). The molecule has 0 aromatic heterocycles. The minimum Gasteiger partial charge on any atom is -0.369 e. The molecular weight excluding hydrogens is 564 g/mol. The minimum atomic E-state index is -0.820. The van der Waals surface area contributed by atoms with E-state index in [-0.39, 0.29) is 51.7 Å². The van der Waals surface area contributed by atoms with E-state index in [9.17, 15) is 24.0 Å². The van der Waals surface area contributed by atoms with Crippen LogP contribution in [0.15, 0.2) is 54.6 Å². The summed E-state index contributed by atoms with van der Waals surface area (Å²) in [5.74, 6) is -2.03. The van der Waals surface area contributed by atoms with E-state index in [1.807, 2.05) is 30.3 Å². The third-order valence-corrected chi connectivity index (χ3v) is 7.07. The first-order chi connectivity index (χ1) is 21.4. The van der Waals surface area contributed by atoms with Crippen LogP contribution in [0.25, 0.3) is 0 Å². The maximum atomic E-state index is 12.8. The Hall–Kier alpha value is -4.09. The van der Waals surface area contributed by atoms with Gasteiger partial charge >= 0.3 is 0 Å². The number of imide groups is 1. The highest BCUT2D eigenvalue weighted by Crippen LogP contribution is 2.11. The van der Waals surface area contributed by atoms with Crippen LogP contribution in [0.5, 0.6) is 0 Å². The van der Waals surface area contributed by atoms with Crippen LogP contribution < -0.4 is 21.3 Å². The van der Waals surface area contributed by atoms with Crippen LogP contribution in [0.2, 0.25) is 0 Å². The van der Waals surface area contributed by atoms with Crippen molar-refractivity contribution in [1.82, 2.24) is 21.3 Å². The van der Waals surface area contributed by atoms with Crippen molar-refractivity contribution in [2.75, 3.05) is 39.5 Å². The van der Waals surface area contributed by atoms with Gasteiger partial charge in [-0.3, -0.25) is 29.3 Å². The molecule has 5 amide bonds. The van der Waals surface area contributed by atoms with Gasteiger partial charge in [-0.15, -0.1) is 0 Å². The summed E-state index contributed by atoms with van der Waals surface area (Å²) in [6, 6.07) is 17.5. The molecule has 1 fully saturated rings. The topological polar surface area (TPSA) is 152 Å². The summed E-state index contributed by atoms with van der Waals surface area (Å²) in [6.07, 6.45) is 5.74. The fourth-order valence-electron chi connectivity index (χ4n) is 4.70. The number of benzene rings is 2. The number of unbranched alkanes of at least 4 members (excludes halogenated alkanes) is 1. The van der Waals surface area contributed by atoms with Crippen LogP contribution in [-0.2, 0) is 52.7 Å². The second-order valence-corrected chi connectivity index (χ2v) is 10.8. The monoisotopic (exact) mass is 608 g/mol. The largest absolute Gasteiger partial charge is 0.369 e. The molecule has 1 saturated heterocycles. The van der Waals surface area contributed by atoms with Crippen molar-refractivity contribution < 1.29 is 33.4 Å². The number of carbonyl (C=O) groups excluding carboxylic acids is 5. The Kier molecular flexibility index (Phi) is 15.6. The first-order valence-corrected chi connectivity index (χ1v) is 15.3. The van der Waals surface area contributed by atoms with Gasteiger partial charge in [0.05, 0.1) is 19.6 Å². The van der Waals surface area contributed by atoms with Gasteiger partial charge < -0.3 is 25.4 Å². The highest BCUT2D eigenvalue weighted by molar-refractivity contribution is 5.96. The summed E-state index contributed by atoms with van der Waals surface area (Å²) < 4.78 is 10.4. The van der Waals surface area contributed by atoms with Gasteiger partial charge in [0.25, 0.3) is 0 Å². The molecule has 1 heterocycles. The average Bonchev–Trinajstić information content (AvgIpc) is 3.01. The second kappa shape index (κ2) is 20.0. The zero-order valence-corrected chi connectivity index (χ0v) is 25.2.